The fourth-order valence-electron chi connectivity index (χ4n) is 1.35. The highest BCUT2D eigenvalue weighted by molar-refractivity contribution is 7.71. The molecule has 1 aromatic heterocycles. The summed E-state index contributed by atoms with van der Waals surface area (Å²) in [7, 11) is 0. The summed E-state index contributed by atoms with van der Waals surface area (Å²) in [6.45, 7) is 1.47. The van der Waals surface area contributed by atoms with Gasteiger partial charge in [0.15, 0.2) is 4.77 Å². The quantitative estimate of drug-likeness (QED) is 0.628. The normalized spacial score (nSPS) is 10.4. The number of aromatic nitrogens is 2. The van der Waals surface area contributed by atoms with E-state index in [0.29, 0.717) is 4.77 Å². The first-order chi connectivity index (χ1) is 6.66. The van der Waals surface area contributed by atoms with Crippen LogP contribution in [-0.4, -0.2) is 15.9 Å². The number of nitrogens with one attached hydrogen (secondary N) is 3. The highest BCUT2D eigenvalue weighted by Gasteiger charge is 2.03. The van der Waals surface area contributed by atoms with Crippen LogP contribution in [0, 0.1) is 4.77 Å². The van der Waals surface area contributed by atoms with Crippen molar-refractivity contribution in [2.75, 3.05) is 5.32 Å². The third kappa shape index (κ3) is 1.54. The summed E-state index contributed by atoms with van der Waals surface area (Å²) in [6, 6.07) is 5.57. The van der Waals surface area contributed by atoms with E-state index in [4.69, 9.17) is 12.2 Å². The average Bonchev–Trinajstić information content (AvgIpc) is 2.45. The number of fused-ring (bicyclic) bond motifs is 1. The molecule has 0 saturated heterocycles. The molecule has 3 N–H and O–H groups in total. The van der Waals surface area contributed by atoms with Gasteiger partial charge in [0.2, 0.25) is 5.91 Å². The summed E-state index contributed by atoms with van der Waals surface area (Å²) >= 11 is 4.96. The van der Waals surface area contributed by atoms with E-state index in [1.165, 1.54) is 6.92 Å². The lowest BCUT2D eigenvalue weighted by molar-refractivity contribution is -0.114. The molecule has 0 atom stereocenters. The second-order valence-corrected chi connectivity index (χ2v) is 3.40. The Hall–Kier alpha value is -1.62. The van der Waals surface area contributed by atoms with Crippen LogP contribution in [0.2, 0.25) is 0 Å². The minimum Gasteiger partial charge on any atom is -0.331 e. The van der Waals surface area contributed by atoms with E-state index in [9.17, 15) is 4.79 Å². The molecule has 0 fully saturated rings. The molecule has 2 rings (SSSR count). The molecule has 5 heteroatoms. The van der Waals surface area contributed by atoms with Crippen molar-refractivity contribution < 1.29 is 4.79 Å². The Bertz CT molecular complexity index is 540. The van der Waals surface area contributed by atoms with E-state index in [2.05, 4.69) is 15.3 Å². The minimum atomic E-state index is -0.0991. The van der Waals surface area contributed by atoms with E-state index in [-0.39, 0.29) is 5.91 Å². The number of benzene rings is 1. The molecule has 0 unspecified atom stereocenters. The van der Waals surface area contributed by atoms with Gasteiger partial charge >= 0.3 is 0 Å². The standard InChI is InChI=1S/C9H9N3OS/c1-5(13)10-6-3-2-4-7-8(6)12-9(14)11-7/h2-4H,1H3,(H,10,13)(H2,11,12,14). The maximum atomic E-state index is 10.9. The molecule has 4 nitrogen and oxygen atoms in total. The van der Waals surface area contributed by atoms with Crippen molar-refractivity contribution in [3.05, 3.63) is 23.0 Å². The van der Waals surface area contributed by atoms with E-state index < -0.39 is 0 Å². The maximum Gasteiger partial charge on any atom is 0.221 e. The van der Waals surface area contributed by atoms with Gasteiger partial charge < -0.3 is 15.3 Å². The molecule has 1 heterocycles. The van der Waals surface area contributed by atoms with Crippen LogP contribution in [0.5, 0.6) is 0 Å². The summed E-state index contributed by atoms with van der Waals surface area (Å²) in [6.07, 6.45) is 0. The van der Waals surface area contributed by atoms with Gasteiger partial charge in [-0.05, 0) is 24.4 Å². The van der Waals surface area contributed by atoms with Crippen molar-refractivity contribution in [1.29, 1.82) is 0 Å². The zero-order valence-electron chi connectivity index (χ0n) is 7.55. The van der Waals surface area contributed by atoms with Crippen molar-refractivity contribution in [1.82, 2.24) is 9.97 Å². The molecule has 0 bridgehead atoms. The Labute approximate surface area is 85.3 Å². The fraction of sp³-hybridized carbons (Fsp3) is 0.111. The van der Waals surface area contributed by atoms with Crippen LogP contribution in [0.3, 0.4) is 0 Å². The SMILES string of the molecule is CC(=O)Nc1cccc2[nH]c(=S)[nH]c12. The summed E-state index contributed by atoms with van der Waals surface area (Å²) < 4.78 is 0.554. The molecular formula is C9H9N3OS. The van der Waals surface area contributed by atoms with Gasteiger partial charge in [-0.2, -0.15) is 0 Å². The topological polar surface area (TPSA) is 60.7 Å². The highest BCUT2D eigenvalue weighted by Crippen LogP contribution is 2.19. The minimum absolute atomic E-state index is 0.0991. The Morgan fingerprint density at radius 1 is 1.43 bits per heavy atom. The van der Waals surface area contributed by atoms with Gasteiger partial charge in [0, 0.05) is 6.92 Å². The van der Waals surface area contributed by atoms with Crippen LogP contribution in [0.1, 0.15) is 6.92 Å². The number of para-hydroxylation sites is 1. The lowest BCUT2D eigenvalue weighted by Gasteiger charge is -2.01. The second-order valence-electron chi connectivity index (χ2n) is 2.99. The van der Waals surface area contributed by atoms with E-state index in [1.54, 1.807) is 0 Å². The van der Waals surface area contributed by atoms with Gasteiger partial charge in [0.1, 0.15) is 0 Å². The van der Waals surface area contributed by atoms with Gasteiger partial charge in [-0.15, -0.1) is 0 Å². The third-order valence-corrected chi connectivity index (χ3v) is 2.07. The Kier molecular flexibility index (Phi) is 2.09. The van der Waals surface area contributed by atoms with E-state index >= 15 is 0 Å². The molecule has 0 aliphatic heterocycles. The number of amides is 1. The third-order valence-electron chi connectivity index (χ3n) is 1.86. The molecule has 0 radical (unpaired) electrons. The van der Waals surface area contributed by atoms with Gasteiger partial charge in [-0.25, -0.2) is 0 Å². The van der Waals surface area contributed by atoms with Crippen LogP contribution < -0.4 is 5.32 Å². The van der Waals surface area contributed by atoms with Gasteiger partial charge in [-0.3, -0.25) is 4.79 Å². The van der Waals surface area contributed by atoms with Crippen LogP contribution >= 0.6 is 12.2 Å². The molecule has 1 amide bonds. The van der Waals surface area contributed by atoms with Crippen molar-refractivity contribution in [2.45, 2.75) is 6.92 Å². The summed E-state index contributed by atoms with van der Waals surface area (Å²) in [4.78, 5) is 16.9. The van der Waals surface area contributed by atoms with Crippen molar-refractivity contribution >= 4 is 34.8 Å². The Balaban J connectivity index is 2.64. The number of hydrogen-bond donors (Lipinski definition) is 3. The van der Waals surface area contributed by atoms with Gasteiger partial charge in [0.25, 0.3) is 0 Å². The number of hydrogen-bond acceptors (Lipinski definition) is 2. The number of carbonyl (C=O) groups excluding carboxylic acids is 1. The monoisotopic (exact) mass is 207 g/mol. The summed E-state index contributed by atoms with van der Waals surface area (Å²) in [5, 5.41) is 2.72. The molecular weight excluding hydrogens is 198 g/mol. The van der Waals surface area contributed by atoms with E-state index in [0.717, 1.165) is 16.7 Å². The van der Waals surface area contributed by atoms with Gasteiger partial charge in [0.05, 0.1) is 16.7 Å². The predicted molar refractivity (Wildman–Crippen MR) is 57.8 cm³/mol. The highest BCUT2D eigenvalue weighted by atomic mass is 32.1. The zero-order valence-corrected chi connectivity index (χ0v) is 8.37. The van der Waals surface area contributed by atoms with Gasteiger partial charge in [-0.1, -0.05) is 6.07 Å². The summed E-state index contributed by atoms with van der Waals surface area (Å²) in [5.41, 5.74) is 2.45. The molecule has 0 saturated carbocycles. The molecule has 14 heavy (non-hydrogen) atoms. The molecule has 0 aliphatic rings. The zero-order chi connectivity index (χ0) is 10.1. The lowest BCUT2D eigenvalue weighted by atomic mass is 10.2. The first-order valence-electron chi connectivity index (χ1n) is 4.15. The Morgan fingerprint density at radius 3 is 2.93 bits per heavy atom. The lowest BCUT2D eigenvalue weighted by Crippen LogP contribution is -2.05. The molecule has 72 valence electrons. The second kappa shape index (κ2) is 3.26. The predicted octanol–water partition coefficient (Wildman–Crippen LogP) is 2.18. The number of carbonyl (C=O) groups is 1. The molecule has 2 aromatic rings. The van der Waals surface area contributed by atoms with Crippen LogP contribution in [0.25, 0.3) is 11.0 Å². The van der Waals surface area contributed by atoms with E-state index in [1.807, 2.05) is 18.2 Å². The number of anilines is 1. The Morgan fingerprint density at radius 2 is 2.21 bits per heavy atom. The first kappa shape index (κ1) is 8.96. The number of H-pyrrole nitrogens is 2. The van der Waals surface area contributed by atoms with Crippen molar-refractivity contribution in [3.8, 4) is 0 Å². The van der Waals surface area contributed by atoms with Crippen molar-refractivity contribution in [3.63, 3.8) is 0 Å². The number of rotatable bonds is 1. The largest absolute Gasteiger partial charge is 0.331 e. The molecule has 1 aromatic carbocycles. The summed E-state index contributed by atoms with van der Waals surface area (Å²) in [5.74, 6) is -0.0991. The molecule has 0 aliphatic carbocycles. The average molecular weight is 207 g/mol. The maximum absolute atomic E-state index is 10.9. The number of aromatic amines is 2. The molecule has 0 spiro atoms. The van der Waals surface area contributed by atoms with Crippen LogP contribution in [-0.2, 0) is 4.79 Å². The first-order valence-corrected chi connectivity index (χ1v) is 4.56. The van der Waals surface area contributed by atoms with Crippen LogP contribution in [0.15, 0.2) is 18.2 Å². The van der Waals surface area contributed by atoms with Crippen molar-refractivity contribution in [2.24, 2.45) is 0 Å². The smallest absolute Gasteiger partial charge is 0.221 e. The number of imidazole rings is 1. The van der Waals surface area contributed by atoms with Crippen LogP contribution in [0.4, 0.5) is 5.69 Å². The fourth-order valence-corrected chi connectivity index (χ4v) is 1.56.